The summed E-state index contributed by atoms with van der Waals surface area (Å²) in [7, 11) is 0. The Morgan fingerprint density at radius 1 is 1.55 bits per heavy atom. The molecule has 0 bridgehead atoms. The molecule has 0 saturated carbocycles. The lowest BCUT2D eigenvalue weighted by Gasteiger charge is -1.94. The molecule has 2 N–H and O–H groups in total. The molecule has 0 aliphatic heterocycles. The van der Waals surface area contributed by atoms with E-state index in [9.17, 15) is 0 Å². The van der Waals surface area contributed by atoms with Crippen LogP contribution in [0.15, 0.2) is 24.5 Å². The zero-order valence-electron chi connectivity index (χ0n) is 6.28. The fourth-order valence-corrected chi connectivity index (χ4v) is 1.16. The first-order valence-electron chi connectivity index (χ1n) is 3.47. The second-order valence-electron chi connectivity index (χ2n) is 2.62. The first-order chi connectivity index (χ1) is 5.27. The minimum atomic E-state index is 0.756. The Bertz CT molecular complexity index is 389. The van der Waals surface area contributed by atoms with Gasteiger partial charge in [0.2, 0.25) is 0 Å². The molecule has 2 heterocycles. The van der Waals surface area contributed by atoms with Gasteiger partial charge in [-0.05, 0) is 24.6 Å². The first-order valence-corrected chi connectivity index (χ1v) is 3.47. The molecule has 2 aromatic rings. The maximum atomic E-state index is 5.60. The molecule has 0 unspecified atom stereocenters. The second-order valence-corrected chi connectivity index (χ2v) is 2.62. The molecule has 0 aliphatic carbocycles. The molecule has 2 rings (SSSR count). The molecule has 0 aromatic carbocycles. The predicted molar refractivity (Wildman–Crippen MR) is 44.3 cm³/mol. The van der Waals surface area contributed by atoms with Gasteiger partial charge in [-0.25, -0.2) is 4.52 Å². The SMILES string of the molecule is Cc1ccnn2cc(N)cc12. The van der Waals surface area contributed by atoms with Gasteiger partial charge in [-0.15, -0.1) is 0 Å². The average molecular weight is 147 g/mol. The highest BCUT2D eigenvalue weighted by atomic mass is 15.2. The van der Waals surface area contributed by atoms with Gasteiger partial charge in [0.15, 0.2) is 0 Å². The quantitative estimate of drug-likeness (QED) is 0.609. The van der Waals surface area contributed by atoms with Crippen LogP contribution in [0.3, 0.4) is 0 Å². The van der Waals surface area contributed by atoms with Crippen LogP contribution in [-0.2, 0) is 0 Å². The molecule has 11 heavy (non-hydrogen) atoms. The van der Waals surface area contributed by atoms with Crippen molar-refractivity contribution in [2.24, 2.45) is 0 Å². The van der Waals surface area contributed by atoms with E-state index in [1.807, 2.05) is 25.3 Å². The zero-order valence-corrected chi connectivity index (χ0v) is 6.28. The Morgan fingerprint density at radius 3 is 3.09 bits per heavy atom. The van der Waals surface area contributed by atoms with Gasteiger partial charge in [-0.1, -0.05) is 0 Å². The van der Waals surface area contributed by atoms with Crippen molar-refractivity contribution in [1.82, 2.24) is 9.61 Å². The van der Waals surface area contributed by atoms with Crippen molar-refractivity contribution in [3.8, 4) is 0 Å². The summed E-state index contributed by atoms with van der Waals surface area (Å²) in [5, 5.41) is 4.10. The minimum absolute atomic E-state index is 0.756. The van der Waals surface area contributed by atoms with Crippen LogP contribution in [0, 0.1) is 6.92 Å². The number of nitrogens with two attached hydrogens (primary N) is 1. The number of hydrogen-bond acceptors (Lipinski definition) is 2. The standard InChI is InChI=1S/C8H9N3/c1-6-2-3-10-11-5-7(9)4-8(6)11/h2-5H,9H2,1H3. The number of aromatic nitrogens is 2. The molecule has 3 heteroatoms. The van der Waals surface area contributed by atoms with E-state index in [4.69, 9.17) is 5.73 Å². The van der Waals surface area contributed by atoms with E-state index < -0.39 is 0 Å². The Labute approximate surface area is 64.4 Å². The van der Waals surface area contributed by atoms with Crippen LogP contribution in [0.2, 0.25) is 0 Å². The molecule has 2 aromatic heterocycles. The maximum Gasteiger partial charge on any atom is 0.0697 e. The second kappa shape index (κ2) is 1.99. The van der Waals surface area contributed by atoms with E-state index in [2.05, 4.69) is 5.10 Å². The number of fused-ring (bicyclic) bond motifs is 1. The number of nitrogens with zero attached hydrogens (tertiary/aromatic N) is 2. The Kier molecular flexibility index (Phi) is 1.12. The van der Waals surface area contributed by atoms with Gasteiger partial charge in [-0.2, -0.15) is 5.10 Å². The van der Waals surface area contributed by atoms with Gasteiger partial charge in [0, 0.05) is 6.20 Å². The van der Waals surface area contributed by atoms with Gasteiger partial charge in [-0.3, -0.25) is 0 Å². The maximum absolute atomic E-state index is 5.60. The summed E-state index contributed by atoms with van der Waals surface area (Å²) in [5.41, 5.74) is 8.62. The summed E-state index contributed by atoms with van der Waals surface area (Å²) in [6.07, 6.45) is 3.57. The van der Waals surface area contributed by atoms with Crippen molar-refractivity contribution in [2.45, 2.75) is 6.92 Å². The summed E-state index contributed by atoms with van der Waals surface area (Å²) in [5.74, 6) is 0. The van der Waals surface area contributed by atoms with Crippen LogP contribution in [0.25, 0.3) is 5.52 Å². The largest absolute Gasteiger partial charge is 0.397 e. The highest BCUT2D eigenvalue weighted by molar-refractivity contribution is 5.61. The molecule has 0 amide bonds. The third kappa shape index (κ3) is 0.852. The number of aryl methyl sites for hydroxylation is 1. The first kappa shape index (κ1) is 6.22. The van der Waals surface area contributed by atoms with Gasteiger partial charge in [0.25, 0.3) is 0 Å². The smallest absolute Gasteiger partial charge is 0.0697 e. The lowest BCUT2D eigenvalue weighted by Crippen LogP contribution is -1.89. The van der Waals surface area contributed by atoms with Crippen molar-refractivity contribution in [3.63, 3.8) is 0 Å². The molecule has 0 atom stereocenters. The van der Waals surface area contributed by atoms with Gasteiger partial charge < -0.3 is 5.73 Å². The van der Waals surface area contributed by atoms with Crippen molar-refractivity contribution >= 4 is 11.2 Å². The van der Waals surface area contributed by atoms with Crippen LogP contribution >= 0.6 is 0 Å². The molecule has 0 fully saturated rings. The lowest BCUT2D eigenvalue weighted by molar-refractivity contribution is 0.934. The Hall–Kier alpha value is -1.51. The highest BCUT2D eigenvalue weighted by Gasteiger charge is 1.97. The number of rotatable bonds is 0. The van der Waals surface area contributed by atoms with Crippen LogP contribution in [0.1, 0.15) is 5.56 Å². The summed E-state index contributed by atoms with van der Waals surface area (Å²) in [4.78, 5) is 0. The Morgan fingerprint density at radius 2 is 2.36 bits per heavy atom. The van der Waals surface area contributed by atoms with Crippen LogP contribution in [0.5, 0.6) is 0 Å². The minimum Gasteiger partial charge on any atom is -0.397 e. The van der Waals surface area contributed by atoms with Crippen LogP contribution in [-0.4, -0.2) is 9.61 Å². The predicted octanol–water partition coefficient (Wildman–Crippen LogP) is 1.22. The van der Waals surface area contributed by atoms with Crippen LogP contribution < -0.4 is 5.73 Å². The molecule has 0 spiro atoms. The number of anilines is 1. The molecule has 56 valence electrons. The summed E-state index contributed by atoms with van der Waals surface area (Å²) < 4.78 is 1.78. The zero-order chi connectivity index (χ0) is 7.84. The van der Waals surface area contributed by atoms with Gasteiger partial charge in [0.05, 0.1) is 17.4 Å². The Balaban J connectivity index is 2.90. The van der Waals surface area contributed by atoms with Crippen LogP contribution in [0.4, 0.5) is 5.69 Å². The normalized spacial score (nSPS) is 10.6. The third-order valence-corrected chi connectivity index (χ3v) is 1.74. The number of hydrogen-bond donors (Lipinski definition) is 1. The fourth-order valence-electron chi connectivity index (χ4n) is 1.16. The van der Waals surface area contributed by atoms with Crippen molar-refractivity contribution in [3.05, 3.63) is 30.1 Å². The van der Waals surface area contributed by atoms with E-state index in [1.54, 1.807) is 10.7 Å². The average Bonchev–Trinajstić information content (AvgIpc) is 2.31. The summed E-state index contributed by atoms with van der Waals surface area (Å²) in [6, 6.07) is 3.89. The summed E-state index contributed by atoms with van der Waals surface area (Å²) in [6.45, 7) is 2.04. The summed E-state index contributed by atoms with van der Waals surface area (Å²) >= 11 is 0. The number of nitrogen functional groups attached to an aromatic ring is 1. The fraction of sp³-hybridized carbons (Fsp3) is 0.125. The van der Waals surface area contributed by atoms with Crippen molar-refractivity contribution < 1.29 is 0 Å². The molecule has 3 nitrogen and oxygen atoms in total. The van der Waals surface area contributed by atoms with Crippen molar-refractivity contribution in [2.75, 3.05) is 5.73 Å². The van der Waals surface area contributed by atoms with E-state index in [0.29, 0.717) is 0 Å². The molecule has 0 radical (unpaired) electrons. The van der Waals surface area contributed by atoms with E-state index in [0.717, 1.165) is 11.2 Å². The third-order valence-electron chi connectivity index (χ3n) is 1.74. The van der Waals surface area contributed by atoms with E-state index in [1.165, 1.54) is 5.56 Å². The van der Waals surface area contributed by atoms with E-state index in [-0.39, 0.29) is 0 Å². The van der Waals surface area contributed by atoms with Gasteiger partial charge >= 0.3 is 0 Å². The van der Waals surface area contributed by atoms with Gasteiger partial charge in [0.1, 0.15) is 0 Å². The molecule has 0 aliphatic rings. The lowest BCUT2D eigenvalue weighted by atomic mass is 10.3. The van der Waals surface area contributed by atoms with E-state index >= 15 is 0 Å². The molecular formula is C8H9N3. The molecular weight excluding hydrogens is 138 g/mol. The highest BCUT2D eigenvalue weighted by Crippen LogP contribution is 2.13. The monoisotopic (exact) mass is 147 g/mol. The molecule has 0 saturated heterocycles. The topological polar surface area (TPSA) is 43.3 Å². The van der Waals surface area contributed by atoms with Crippen molar-refractivity contribution in [1.29, 1.82) is 0 Å².